The van der Waals surface area contributed by atoms with Crippen LogP contribution in [0.25, 0.3) is 0 Å². The van der Waals surface area contributed by atoms with Crippen LogP contribution in [0.2, 0.25) is 0 Å². The standard InChI is InChI=1S/C18H28N2O3/c1-12(2)9-16(21)19-18(20-17(22)10-13(3)4)14-7-6-8-15(11-14)23-5/h6-8,11-13,18H,9-10H2,1-5H3,(H,19,21)(H,20,22). The highest BCUT2D eigenvalue weighted by atomic mass is 16.5. The highest BCUT2D eigenvalue weighted by Gasteiger charge is 2.18. The van der Waals surface area contributed by atoms with Crippen LogP contribution in [0.4, 0.5) is 0 Å². The molecule has 23 heavy (non-hydrogen) atoms. The van der Waals surface area contributed by atoms with Crippen molar-refractivity contribution in [2.24, 2.45) is 11.8 Å². The minimum absolute atomic E-state index is 0.0855. The molecule has 0 saturated carbocycles. The first-order valence-electron chi connectivity index (χ1n) is 8.04. The maximum Gasteiger partial charge on any atom is 0.222 e. The summed E-state index contributed by atoms with van der Waals surface area (Å²) >= 11 is 0. The minimum atomic E-state index is -0.553. The maximum absolute atomic E-state index is 12.1. The van der Waals surface area contributed by atoms with E-state index in [9.17, 15) is 9.59 Å². The number of hydrogen-bond acceptors (Lipinski definition) is 3. The van der Waals surface area contributed by atoms with Gasteiger partial charge in [-0.25, -0.2) is 0 Å². The number of ether oxygens (including phenoxy) is 1. The summed E-state index contributed by atoms with van der Waals surface area (Å²) in [6.45, 7) is 7.93. The zero-order valence-electron chi connectivity index (χ0n) is 14.7. The Balaban J connectivity index is 2.90. The molecule has 0 atom stereocenters. The van der Waals surface area contributed by atoms with E-state index in [1.54, 1.807) is 7.11 Å². The molecule has 2 N–H and O–H groups in total. The van der Waals surface area contributed by atoms with Gasteiger partial charge in [0.15, 0.2) is 0 Å². The van der Waals surface area contributed by atoms with Crippen LogP contribution in [0, 0.1) is 11.8 Å². The number of carbonyl (C=O) groups is 2. The Morgan fingerprint density at radius 3 is 1.96 bits per heavy atom. The summed E-state index contributed by atoms with van der Waals surface area (Å²) in [6, 6.07) is 7.34. The van der Waals surface area contributed by atoms with Crippen molar-refractivity contribution in [1.29, 1.82) is 0 Å². The Bertz CT molecular complexity index is 503. The van der Waals surface area contributed by atoms with Gasteiger partial charge in [-0.05, 0) is 29.5 Å². The van der Waals surface area contributed by atoms with Gasteiger partial charge in [0.2, 0.25) is 11.8 Å². The van der Waals surface area contributed by atoms with Crippen LogP contribution < -0.4 is 15.4 Å². The van der Waals surface area contributed by atoms with Crippen molar-refractivity contribution in [2.75, 3.05) is 7.11 Å². The van der Waals surface area contributed by atoms with Crippen LogP contribution in [0.15, 0.2) is 24.3 Å². The fraction of sp³-hybridized carbons (Fsp3) is 0.556. The smallest absolute Gasteiger partial charge is 0.222 e. The maximum atomic E-state index is 12.1. The lowest BCUT2D eigenvalue weighted by molar-refractivity contribution is -0.125. The molecule has 5 nitrogen and oxygen atoms in total. The third-order valence-corrected chi connectivity index (χ3v) is 3.23. The van der Waals surface area contributed by atoms with E-state index in [0.717, 1.165) is 5.56 Å². The lowest BCUT2D eigenvalue weighted by Gasteiger charge is -2.22. The number of carbonyl (C=O) groups excluding carboxylic acids is 2. The molecule has 0 bridgehead atoms. The van der Waals surface area contributed by atoms with Gasteiger partial charge < -0.3 is 15.4 Å². The van der Waals surface area contributed by atoms with Gasteiger partial charge in [-0.15, -0.1) is 0 Å². The van der Waals surface area contributed by atoms with E-state index in [1.807, 2.05) is 52.0 Å². The summed E-state index contributed by atoms with van der Waals surface area (Å²) < 4.78 is 5.22. The summed E-state index contributed by atoms with van der Waals surface area (Å²) in [6.07, 6.45) is 0.281. The van der Waals surface area contributed by atoms with Gasteiger partial charge in [-0.3, -0.25) is 9.59 Å². The summed E-state index contributed by atoms with van der Waals surface area (Å²) in [5.41, 5.74) is 0.790. The molecule has 0 radical (unpaired) electrons. The van der Waals surface area contributed by atoms with E-state index in [1.165, 1.54) is 0 Å². The van der Waals surface area contributed by atoms with Gasteiger partial charge >= 0.3 is 0 Å². The SMILES string of the molecule is COc1cccc(C(NC(=O)CC(C)C)NC(=O)CC(C)C)c1. The van der Waals surface area contributed by atoms with E-state index in [2.05, 4.69) is 10.6 Å². The Morgan fingerprint density at radius 2 is 1.52 bits per heavy atom. The number of amides is 2. The molecule has 1 aromatic rings. The zero-order chi connectivity index (χ0) is 17.4. The fourth-order valence-corrected chi connectivity index (χ4v) is 2.21. The predicted molar refractivity (Wildman–Crippen MR) is 90.9 cm³/mol. The second-order valence-electron chi connectivity index (χ2n) is 6.54. The van der Waals surface area contributed by atoms with Crippen molar-refractivity contribution in [2.45, 2.75) is 46.7 Å². The Morgan fingerprint density at radius 1 is 1.00 bits per heavy atom. The molecular formula is C18H28N2O3. The van der Waals surface area contributed by atoms with Gasteiger partial charge in [0.25, 0.3) is 0 Å². The van der Waals surface area contributed by atoms with Gasteiger partial charge in [0, 0.05) is 12.8 Å². The Labute approximate surface area is 138 Å². The van der Waals surface area contributed by atoms with Crippen LogP contribution in [-0.2, 0) is 9.59 Å². The van der Waals surface area contributed by atoms with E-state index in [4.69, 9.17) is 4.74 Å². The molecule has 0 aromatic heterocycles. The van der Waals surface area contributed by atoms with E-state index < -0.39 is 6.17 Å². The monoisotopic (exact) mass is 320 g/mol. The molecule has 1 aromatic carbocycles. The van der Waals surface area contributed by atoms with Crippen LogP contribution in [0.5, 0.6) is 5.75 Å². The lowest BCUT2D eigenvalue weighted by atomic mass is 10.1. The van der Waals surface area contributed by atoms with Crippen LogP contribution in [-0.4, -0.2) is 18.9 Å². The molecule has 0 saturated heterocycles. The van der Waals surface area contributed by atoms with Crippen LogP contribution in [0.3, 0.4) is 0 Å². The average molecular weight is 320 g/mol. The van der Waals surface area contributed by atoms with Crippen molar-refractivity contribution >= 4 is 11.8 Å². The zero-order valence-corrected chi connectivity index (χ0v) is 14.7. The van der Waals surface area contributed by atoms with Gasteiger partial charge in [0.1, 0.15) is 11.9 Å². The summed E-state index contributed by atoms with van der Waals surface area (Å²) in [4.78, 5) is 24.2. The molecule has 2 amide bonds. The van der Waals surface area contributed by atoms with E-state index >= 15 is 0 Å². The molecule has 5 heteroatoms. The molecule has 0 fully saturated rings. The molecule has 0 aliphatic heterocycles. The van der Waals surface area contributed by atoms with Crippen molar-refractivity contribution in [3.05, 3.63) is 29.8 Å². The fourth-order valence-electron chi connectivity index (χ4n) is 2.21. The van der Waals surface area contributed by atoms with Gasteiger partial charge in [-0.2, -0.15) is 0 Å². The van der Waals surface area contributed by atoms with Gasteiger partial charge in [0.05, 0.1) is 7.11 Å². The first kappa shape index (κ1) is 19.0. The van der Waals surface area contributed by atoms with E-state index in [0.29, 0.717) is 18.6 Å². The number of nitrogens with one attached hydrogen (secondary N) is 2. The quantitative estimate of drug-likeness (QED) is 0.724. The normalized spacial score (nSPS) is 11.0. The number of rotatable bonds is 8. The highest BCUT2D eigenvalue weighted by Crippen LogP contribution is 2.18. The van der Waals surface area contributed by atoms with Crippen molar-refractivity contribution in [3.63, 3.8) is 0 Å². The second-order valence-corrected chi connectivity index (χ2v) is 6.54. The number of benzene rings is 1. The third-order valence-electron chi connectivity index (χ3n) is 3.23. The first-order chi connectivity index (χ1) is 10.8. The lowest BCUT2D eigenvalue weighted by Crippen LogP contribution is -2.41. The number of methoxy groups -OCH3 is 1. The molecule has 0 spiro atoms. The topological polar surface area (TPSA) is 67.4 Å². The molecule has 0 aliphatic rings. The Kier molecular flexibility index (Phi) is 7.59. The largest absolute Gasteiger partial charge is 0.497 e. The van der Waals surface area contributed by atoms with Gasteiger partial charge in [-0.1, -0.05) is 39.8 Å². The summed E-state index contributed by atoms with van der Waals surface area (Å²) in [7, 11) is 1.59. The van der Waals surface area contributed by atoms with Crippen LogP contribution in [0.1, 0.15) is 52.3 Å². The summed E-state index contributed by atoms with van der Waals surface area (Å²) in [5, 5.41) is 5.79. The third kappa shape index (κ3) is 7.17. The number of hydrogen-bond donors (Lipinski definition) is 2. The molecule has 0 heterocycles. The molecule has 1 rings (SSSR count). The highest BCUT2D eigenvalue weighted by molar-refractivity contribution is 5.79. The van der Waals surface area contributed by atoms with Crippen molar-refractivity contribution < 1.29 is 14.3 Å². The minimum Gasteiger partial charge on any atom is -0.497 e. The molecule has 0 aliphatic carbocycles. The molecular weight excluding hydrogens is 292 g/mol. The molecule has 128 valence electrons. The molecule has 0 unspecified atom stereocenters. The van der Waals surface area contributed by atoms with Crippen molar-refractivity contribution in [3.8, 4) is 5.75 Å². The Hall–Kier alpha value is -2.04. The average Bonchev–Trinajstić information content (AvgIpc) is 2.45. The first-order valence-corrected chi connectivity index (χ1v) is 8.04. The van der Waals surface area contributed by atoms with Crippen LogP contribution >= 0.6 is 0 Å². The predicted octanol–water partition coefficient (Wildman–Crippen LogP) is 3.02. The van der Waals surface area contributed by atoms with E-state index in [-0.39, 0.29) is 23.7 Å². The van der Waals surface area contributed by atoms with Crippen molar-refractivity contribution in [1.82, 2.24) is 10.6 Å². The second kappa shape index (κ2) is 9.18. The summed E-state index contributed by atoms with van der Waals surface area (Å²) in [5.74, 6) is 1.03.